The maximum atomic E-state index is 10.5. The molecule has 0 radical (unpaired) electrons. The van der Waals surface area contributed by atoms with Crippen LogP contribution in [0.4, 0.5) is 0 Å². The summed E-state index contributed by atoms with van der Waals surface area (Å²) in [5, 5.41) is 8.66. The van der Waals surface area contributed by atoms with Crippen molar-refractivity contribution in [3.8, 4) is 5.75 Å². The Morgan fingerprint density at radius 1 is 1.59 bits per heavy atom. The van der Waals surface area contributed by atoms with Crippen LogP contribution in [-0.4, -0.2) is 17.7 Å². The number of halogens is 1. The molecule has 0 spiro atoms. The summed E-state index contributed by atoms with van der Waals surface area (Å²) < 4.78 is 6.52. The largest absolute Gasteiger partial charge is 0.493 e. The van der Waals surface area contributed by atoms with Crippen LogP contribution in [0.2, 0.25) is 0 Å². The molecule has 1 aliphatic heterocycles. The average Bonchev–Trinajstić information content (AvgIpc) is 2.72. The van der Waals surface area contributed by atoms with Gasteiger partial charge in [-0.2, -0.15) is 0 Å². The van der Waals surface area contributed by atoms with Crippen molar-refractivity contribution in [1.29, 1.82) is 0 Å². The Labute approximate surface area is 108 Å². The van der Waals surface area contributed by atoms with Crippen LogP contribution in [0.25, 0.3) is 0 Å². The average molecular weight is 300 g/mol. The molecular weight excluding hydrogens is 286 g/mol. The molecule has 2 rings (SSSR count). The molecular formula is C12H14BrNO3. The number of fused-ring (bicyclic) bond motifs is 1. The molecule has 1 aromatic rings. The second-order valence-corrected chi connectivity index (χ2v) is 5.04. The van der Waals surface area contributed by atoms with Crippen molar-refractivity contribution in [2.75, 3.05) is 6.61 Å². The zero-order valence-electron chi connectivity index (χ0n) is 9.28. The molecule has 1 unspecified atom stereocenters. The van der Waals surface area contributed by atoms with E-state index in [1.165, 1.54) is 0 Å². The van der Waals surface area contributed by atoms with Crippen LogP contribution in [-0.2, 0) is 11.2 Å². The van der Waals surface area contributed by atoms with E-state index in [9.17, 15) is 4.79 Å². The van der Waals surface area contributed by atoms with Crippen molar-refractivity contribution in [3.63, 3.8) is 0 Å². The zero-order chi connectivity index (χ0) is 12.4. The lowest BCUT2D eigenvalue weighted by molar-refractivity contribution is -0.137. The molecule has 1 heterocycles. The van der Waals surface area contributed by atoms with E-state index in [4.69, 9.17) is 15.6 Å². The minimum atomic E-state index is -0.826. The second-order valence-electron chi connectivity index (χ2n) is 4.12. The molecule has 0 bridgehead atoms. The van der Waals surface area contributed by atoms with E-state index in [-0.39, 0.29) is 12.5 Å². The topological polar surface area (TPSA) is 72.6 Å². The Hall–Kier alpha value is -1.07. The Balaban J connectivity index is 2.22. The number of carbonyl (C=O) groups is 1. The quantitative estimate of drug-likeness (QED) is 0.894. The molecule has 0 aromatic heterocycles. The first-order chi connectivity index (χ1) is 8.08. The predicted octanol–water partition coefficient (Wildman–Crippen LogP) is 2.25. The van der Waals surface area contributed by atoms with Crippen LogP contribution in [0.3, 0.4) is 0 Å². The third-order valence-electron chi connectivity index (χ3n) is 2.85. The van der Waals surface area contributed by atoms with Crippen LogP contribution < -0.4 is 10.5 Å². The van der Waals surface area contributed by atoms with Crippen molar-refractivity contribution in [3.05, 3.63) is 27.7 Å². The summed E-state index contributed by atoms with van der Waals surface area (Å²) in [5.41, 5.74) is 8.06. The number of carboxylic acids is 1. The van der Waals surface area contributed by atoms with Gasteiger partial charge in [-0.05, 0) is 24.1 Å². The lowest BCUT2D eigenvalue weighted by Gasteiger charge is -2.15. The summed E-state index contributed by atoms with van der Waals surface area (Å²) in [6.45, 7) is 0.671. The number of nitrogens with two attached hydrogens (primary N) is 1. The lowest BCUT2D eigenvalue weighted by atomic mass is 9.99. The standard InChI is InChI=1S/C12H14BrNO3/c13-8-5-7-3-4-17-12(7)9(6-8)10(14)1-2-11(15)16/h5-6,10H,1-4,14H2,(H,15,16). The Kier molecular flexibility index (Phi) is 3.69. The summed E-state index contributed by atoms with van der Waals surface area (Å²) in [4.78, 5) is 10.5. The fourth-order valence-corrected chi connectivity index (χ4v) is 2.53. The number of aliphatic carboxylic acids is 1. The van der Waals surface area contributed by atoms with Crippen LogP contribution in [0, 0.1) is 0 Å². The van der Waals surface area contributed by atoms with Crippen LogP contribution in [0.1, 0.15) is 30.0 Å². The number of hydrogen-bond acceptors (Lipinski definition) is 3. The summed E-state index contributed by atoms with van der Waals surface area (Å²) >= 11 is 3.44. The normalized spacial score (nSPS) is 15.2. The molecule has 5 heteroatoms. The first-order valence-electron chi connectivity index (χ1n) is 5.50. The molecule has 0 aliphatic carbocycles. The monoisotopic (exact) mass is 299 g/mol. The van der Waals surface area contributed by atoms with Gasteiger partial charge in [0, 0.05) is 28.9 Å². The van der Waals surface area contributed by atoms with Crippen LogP contribution >= 0.6 is 15.9 Å². The highest BCUT2D eigenvalue weighted by Crippen LogP contribution is 2.36. The number of benzene rings is 1. The van der Waals surface area contributed by atoms with E-state index in [2.05, 4.69) is 15.9 Å². The van der Waals surface area contributed by atoms with Gasteiger partial charge in [-0.25, -0.2) is 0 Å². The van der Waals surface area contributed by atoms with E-state index < -0.39 is 5.97 Å². The van der Waals surface area contributed by atoms with Gasteiger partial charge in [0.2, 0.25) is 0 Å². The summed E-state index contributed by atoms with van der Waals surface area (Å²) in [6, 6.07) is 3.64. The number of hydrogen-bond donors (Lipinski definition) is 2. The molecule has 17 heavy (non-hydrogen) atoms. The highest BCUT2D eigenvalue weighted by molar-refractivity contribution is 9.10. The summed E-state index contributed by atoms with van der Waals surface area (Å²) in [5.74, 6) is 0.0131. The third kappa shape index (κ3) is 2.79. The van der Waals surface area contributed by atoms with E-state index >= 15 is 0 Å². The van der Waals surface area contributed by atoms with Crippen LogP contribution in [0.5, 0.6) is 5.75 Å². The maximum Gasteiger partial charge on any atom is 0.303 e. The fourth-order valence-electron chi connectivity index (χ4n) is 2.01. The molecule has 0 amide bonds. The minimum absolute atomic E-state index is 0.0719. The minimum Gasteiger partial charge on any atom is -0.493 e. The SMILES string of the molecule is NC(CCC(=O)O)c1cc(Br)cc2c1OCC2. The van der Waals surface area contributed by atoms with E-state index in [1.54, 1.807) is 0 Å². The molecule has 1 atom stereocenters. The van der Waals surface area contributed by atoms with Gasteiger partial charge in [-0.1, -0.05) is 15.9 Å². The number of ether oxygens (including phenoxy) is 1. The number of rotatable bonds is 4. The van der Waals surface area contributed by atoms with Crippen molar-refractivity contribution in [2.45, 2.75) is 25.3 Å². The molecule has 0 saturated carbocycles. The van der Waals surface area contributed by atoms with Gasteiger partial charge < -0.3 is 15.6 Å². The van der Waals surface area contributed by atoms with E-state index in [0.717, 1.165) is 27.8 Å². The molecule has 1 aromatic carbocycles. The second kappa shape index (κ2) is 5.06. The lowest BCUT2D eigenvalue weighted by Crippen LogP contribution is -2.13. The predicted molar refractivity (Wildman–Crippen MR) is 67.1 cm³/mol. The van der Waals surface area contributed by atoms with Gasteiger partial charge in [0.05, 0.1) is 6.61 Å². The molecule has 1 aliphatic rings. The highest BCUT2D eigenvalue weighted by atomic mass is 79.9. The van der Waals surface area contributed by atoms with Gasteiger partial charge in [0.1, 0.15) is 5.75 Å². The van der Waals surface area contributed by atoms with Gasteiger partial charge >= 0.3 is 5.97 Å². The molecule has 0 fully saturated rings. The van der Waals surface area contributed by atoms with E-state index in [0.29, 0.717) is 13.0 Å². The molecule has 92 valence electrons. The Morgan fingerprint density at radius 2 is 2.35 bits per heavy atom. The number of carboxylic acid groups (broad SMARTS) is 1. The molecule has 3 N–H and O–H groups in total. The Morgan fingerprint density at radius 3 is 3.06 bits per heavy atom. The summed E-state index contributed by atoms with van der Waals surface area (Å²) in [7, 11) is 0. The van der Waals surface area contributed by atoms with Crippen molar-refractivity contribution in [1.82, 2.24) is 0 Å². The maximum absolute atomic E-state index is 10.5. The first-order valence-corrected chi connectivity index (χ1v) is 6.29. The van der Waals surface area contributed by atoms with Crippen LogP contribution in [0.15, 0.2) is 16.6 Å². The molecule has 4 nitrogen and oxygen atoms in total. The van der Waals surface area contributed by atoms with E-state index in [1.807, 2.05) is 12.1 Å². The van der Waals surface area contributed by atoms with Gasteiger partial charge in [-0.3, -0.25) is 4.79 Å². The first kappa shape index (κ1) is 12.4. The third-order valence-corrected chi connectivity index (χ3v) is 3.30. The highest BCUT2D eigenvalue weighted by Gasteiger charge is 2.21. The van der Waals surface area contributed by atoms with Gasteiger partial charge in [-0.15, -0.1) is 0 Å². The smallest absolute Gasteiger partial charge is 0.303 e. The van der Waals surface area contributed by atoms with Gasteiger partial charge in [0.25, 0.3) is 0 Å². The van der Waals surface area contributed by atoms with Crippen molar-refractivity contribution >= 4 is 21.9 Å². The zero-order valence-corrected chi connectivity index (χ0v) is 10.9. The molecule has 0 saturated heterocycles. The Bertz CT molecular complexity index is 448. The fraction of sp³-hybridized carbons (Fsp3) is 0.417. The summed E-state index contributed by atoms with van der Waals surface area (Å²) in [6.07, 6.45) is 1.37. The van der Waals surface area contributed by atoms with Gasteiger partial charge in [0.15, 0.2) is 0 Å². The van der Waals surface area contributed by atoms with Crippen molar-refractivity contribution in [2.24, 2.45) is 5.73 Å². The van der Waals surface area contributed by atoms with Crippen molar-refractivity contribution < 1.29 is 14.6 Å².